The highest BCUT2D eigenvalue weighted by Crippen LogP contribution is 2.44. The summed E-state index contributed by atoms with van der Waals surface area (Å²) in [6, 6.07) is 0. The van der Waals surface area contributed by atoms with Crippen LogP contribution in [0.15, 0.2) is 23.3 Å². The van der Waals surface area contributed by atoms with Crippen molar-refractivity contribution in [2.75, 3.05) is 6.61 Å². The van der Waals surface area contributed by atoms with E-state index in [1.165, 1.54) is 25.7 Å². The van der Waals surface area contributed by atoms with Crippen molar-refractivity contribution < 1.29 is 19.4 Å². The van der Waals surface area contributed by atoms with E-state index in [1.807, 2.05) is 6.08 Å². The Labute approximate surface area is 144 Å². The second kappa shape index (κ2) is 7.54. The van der Waals surface area contributed by atoms with Crippen molar-refractivity contribution in [1.82, 2.24) is 0 Å². The Morgan fingerprint density at radius 1 is 1.04 bits per heavy atom. The van der Waals surface area contributed by atoms with Gasteiger partial charge in [-0.15, -0.1) is 0 Å². The topological polar surface area (TPSA) is 63.6 Å². The Bertz CT molecular complexity index is 560. The molecule has 4 heteroatoms. The fraction of sp³-hybridized carbons (Fsp3) is 0.700. The SMILES string of the molecule is CCCCOC(=O)C1=CC2CCC1C2.O=C(O)C1=CC2CCC1C2. The first-order valence-electron chi connectivity index (χ1n) is 9.42. The van der Waals surface area contributed by atoms with Crippen LogP contribution < -0.4 is 0 Å². The fourth-order valence-corrected chi connectivity index (χ4v) is 4.55. The highest BCUT2D eigenvalue weighted by atomic mass is 16.5. The van der Waals surface area contributed by atoms with Gasteiger partial charge in [0.25, 0.3) is 0 Å². The average Bonchev–Trinajstić information content (AvgIpc) is 3.35. The molecular formula is C20H28O4. The summed E-state index contributed by atoms with van der Waals surface area (Å²) in [6.07, 6.45) is 13.2. The van der Waals surface area contributed by atoms with Crippen molar-refractivity contribution in [3.05, 3.63) is 23.3 Å². The van der Waals surface area contributed by atoms with Crippen LogP contribution in [0.5, 0.6) is 0 Å². The van der Waals surface area contributed by atoms with Gasteiger partial charge in [-0.2, -0.15) is 0 Å². The molecule has 0 heterocycles. The van der Waals surface area contributed by atoms with Crippen molar-refractivity contribution in [3.63, 3.8) is 0 Å². The molecule has 2 saturated carbocycles. The number of carbonyl (C=O) groups excluding carboxylic acids is 1. The van der Waals surface area contributed by atoms with Crippen molar-refractivity contribution in [1.29, 1.82) is 0 Å². The van der Waals surface area contributed by atoms with Crippen LogP contribution in [0, 0.1) is 23.7 Å². The van der Waals surface area contributed by atoms with E-state index < -0.39 is 5.97 Å². The van der Waals surface area contributed by atoms with Gasteiger partial charge < -0.3 is 9.84 Å². The number of fused-ring (bicyclic) bond motifs is 4. The van der Waals surface area contributed by atoms with Gasteiger partial charge >= 0.3 is 11.9 Å². The maximum atomic E-state index is 11.6. The molecule has 4 unspecified atom stereocenters. The second-order valence-electron chi connectivity index (χ2n) is 7.58. The molecular weight excluding hydrogens is 304 g/mol. The minimum absolute atomic E-state index is 0.0503. The number of allylic oxidation sites excluding steroid dienone is 2. The van der Waals surface area contributed by atoms with Crippen LogP contribution in [-0.2, 0) is 14.3 Å². The predicted octanol–water partition coefficient (Wildman–Crippen LogP) is 4.11. The predicted molar refractivity (Wildman–Crippen MR) is 91.3 cm³/mol. The van der Waals surface area contributed by atoms with E-state index in [0.717, 1.165) is 31.3 Å². The van der Waals surface area contributed by atoms with Crippen LogP contribution in [0.4, 0.5) is 0 Å². The molecule has 2 fully saturated rings. The summed E-state index contributed by atoms with van der Waals surface area (Å²) in [6.45, 7) is 2.69. The number of aliphatic carboxylic acids is 1. The maximum absolute atomic E-state index is 11.6. The number of hydrogen-bond donors (Lipinski definition) is 1. The molecule has 0 aromatic rings. The Balaban J connectivity index is 0.000000149. The van der Waals surface area contributed by atoms with E-state index in [4.69, 9.17) is 9.84 Å². The van der Waals surface area contributed by atoms with Crippen LogP contribution in [-0.4, -0.2) is 23.7 Å². The number of esters is 1. The lowest BCUT2D eigenvalue weighted by Gasteiger charge is -2.12. The van der Waals surface area contributed by atoms with Gasteiger partial charge in [-0.05, 0) is 68.6 Å². The quantitative estimate of drug-likeness (QED) is 0.608. The second-order valence-corrected chi connectivity index (χ2v) is 7.58. The Hall–Kier alpha value is -1.58. The minimum atomic E-state index is -0.702. The first kappa shape index (κ1) is 17.2. The third kappa shape index (κ3) is 3.73. The minimum Gasteiger partial charge on any atom is -0.478 e. The number of ether oxygens (including phenoxy) is 1. The van der Waals surface area contributed by atoms with E-state index in [0.29, 0.717) is 35.9 Å². The van der Waals surface area contributed by atoms with Gasteiger partial charge in [-0.3, -0.25) is 0 Å². The Kier molecular flexibility index (Phi) is 5.42. The standard InChI is InChI=1S/C12H18O2.C8H10O2/c1-2-3-6-14-12(13)11-8-9-4-5-10(11)7-9;9-8(10)7-4-5-1-2-6(7)3-5/h8-10H,2-7H2,1H3;4-6H,1-3H2,(H,9,10). The zero-order chi connectivity index (χ0) is 17.1. The highest BCUT2D eigenvalue weighted by molar-refractivity contribution is 5.90. The Morgan fingerprint density at radius 3 is 2.00 bits per heavy atom. The van der Waals surface area contributed by atoms with Crippen LogP contribution >= 0.6 is 0 Å². The molecule has 4 nitrogen and oxygen atoms in total. The first-order valence-corrected chi connectivity index (χ1v) is 9.42. The zero-order valence-electron chi connectivity index (χ0n) is 14.5. The number of unbranched alkanes of at least 4 members (excludes halogenated alkanes) is 1. The van der Waals surface area contributed by atoms with Crippen LogP contribution in [0.2, 0.25) is 0 Å². The van der Waals surface area contributed by atoms with Gasteiger partial charge in [0.05, 0.1) is 6.61 Å². The van der Waals surface area contributed by atoms with Gasteiger partial charge in [0.2, 0.25) is 0 Å². The number of carbonyl (C=O) groups is 2. The molecule has 24 heavy (non-hydrogen) atoms. The number of rotatable bonds is 5. The fourth-order valence-electron chi connectivity index (χ4n) is 4.55. The van der Waals surface area contributed by atoms with E-state index in [2.05, 4.69) is 13.0 Å². The lowest BCUT2D eigenvalue weighted by molar-refractivity contribution is -0.139. The van der Waals surface area contributed by atoms with E-state index in [-0.39, 0.29) is 5.97 Å². The third-order valence-electron chi connectivity index (χ3n) is 5.87. The summed E-state index contributed by atoms with van der Waals surface area (Å²) >= 11 is 0. The molecule has 0 aliphatic heterocycles. The molecule has 132 valence electrons. The van der Waals surface area contributed by atoms with Crippen LogP contribution in [0.1, 0.15) is 58.3 Å². The summed E-state index contributed by atoms with van der Waals surface area (Å²) in [4.78, 5) is 22.1. The summed E-state index contributed by atoms with van der Waals surface area (Å²) in [5, 5.41) is 8.67. The van der Waals surface area contributed by atoms with Crippen LogP contribution in [0.25, 0.3) is 0 Å². The Morgan fingerprint density at radius 2 is 1.62 bits per heavy atom. The lowest BCUT2D eigenvalue weighted by atomic mass is 9.99. The van der Waals surface area contributed by atoms with Gasteiger partial charge in [-0.25, -0.2) is 9.59 Å². The van der Waals surface area contributed by atoms with Gasteiger partial charge in [0.1, 0.15) is 0 Å². The largest absolute Gasteiger partial charge is 0.478 e. The van der Waals surface area contributed by atoms with Crippen molar-refractivity contribution >= 4 is 11.9 Å². The van der Waals surface area contributed by atoms with Crippen molar-refractivity contribution in [2.45, 2.75) is 58.3 Å². The molecule has 4 bridgehead atoms. The van der Waals surface area contributed by atoms with E-state index in [1.54, 1.807) is 0 Å². The summed E-state index contributed by atoms with van der Waals surface area (Å²) in [5.74, 6) is 1.43. The molecule has 0 saturated heterocycles. The molecule has 4 atom stereocenters. The van der Waals surface area contributed by atoms with Gasteiger partial charge in [-0.1, -0.05) is 25.5 Å². The molecule has 4 rings (SSSR count). The highest BCUT2D eigenvalue weighted by Gasteiger charge is 2.37. The van der Waals surface area contributed by atoms with E-state index >= 15 is 0 Å². The van der Waals surface area contributed by atoms with Gasteiger partial charge in [0.15, 0.2) is 0 Å². The van der Waals surface area contributed by atoms with Crippen molar-refractivity contribution in [3.8, 4) is 0 Å². The lowest BCUT2D eigenvalue weighted by Crippen LogP contribution is -2.13. The molecule has 0 radical (unpaired) electrons. The summed E-state index contributed by atoms with van der Waals surface area (Å²) in [5.41, 5.74) is 1.65. The molecule has 0 spiro atoms. The van der Waals surface area contributed by atoms with Gasteiger partial charge in [0, 0.05) is 11.1 Å². The molecule has 0 aromatic heterocycles. The monoisotopic (exact) mass is 332 g/mol. The number of carboxylic acid groups (broad SMARTS) is 1. The van der Waals surface area contributed by atoms with Crippen molar-refractivity contribution in [2.24, 2.45) is 23.7 Å². The number of hydrogen-bond acceptors (Lipinski definition) is 3. The molecule has 1 N–H and O–H groups in total. The van der Waals surface area contributed by atoms with E-state index in [9.17, 15) is 9.59 Å². The smallest absolute Gasteiger partial charge is 0.333 e. The average molecular weight is 332 g/mol. The summed E-state index contributed by atoms with van der Waals surface area (Å²) in [7, 11) is 0. The number of carboxylic acids is 1. The van der Waals surface area contributed by atoms with Crippen LogP contribution in [0.3, 0.4) is 0 Å². The first-order chi connectivity index (χ1) is 11.6. The molecule has 4 aliphatic carbocycles. The zero-order valence-corrected chi connectivity index (χ0v) is 14.5. The normalized spacial score (nSPS) is 32.0. The maximum Gasteiger partial charge on any atom is 0.333 e. The third-order valence-corrected chi connectivity index (χ3v) is 5.87. The summed E-state index contributed by atoms with van der Waals surface area (Å²) < 4.78 is 5.21. The molecule has 0 aromatic carbocycles. The molecule has 4 aliphatic rings. The molecule has 0 amide bonds.